The number of piperidine rings is 1. The number of halogens is 1. The lowest BCUT2D eigenvalue weighted by molar-refractivity contribution is -0.115. The Labute approximate surface area is 179 Å². The summed E-state index contributed by atoms with van der Waals surface area (Å²) in [6.07, 6.45) is 1.82. The highest BCUT2D eigenvalue weighted by Gasteiger charge is 2.28. The average molecular weight is 422 g/mol. The molecule has 3 aromatic rings. The summed E-state index contributed by atoms with van der Waals surface area (Å²) in [6, 6.07) is 12.9. The van der Waals surface area contributed by atoms with Crippen LogP contribution in [0.4, 0.5) is 10.1 Å². The Morgan fingerprint density at radius 3 is 2.61 bits per heavy atom. The maximum atomic E-state index is 13.1. The average Bonchev–Trinajstić information content (AvgIpc) is 3.30. The van der Waals surface area contributed by atoms with Gasteiger partial charge in [-0.15, -0.1) is 0 Å². The zero-order chi connectivity index (χ0) is 21.8. The van der Waals surface area contributed by atoms with Crippen LogP contribution >= 0.6 is 0 Å². The van der Waals surface area contributed by atoms with E-state index in [0.717, 1.165) is 5.56 Å². The van der Waals surface area contributed by atoms with Crippen LogP contribution in [-0.4, -0.2) is 39.9 Å². The molecule has 31 heavy (non-hydrogen) atoms. The van der Waals surface area contributed by atoms with Gasteiger partial charge in [0.05, 0.1) is 0 Å². The molecule has 1 fully saturated rings. The molecule has 0 bridgehead atoms. The summed E-state index contributed by atoms with van der Waals surface area (Å²) in [4.78, 5) is 30.5. The molecule has 7 nitrogen and oxygen atoms in total. The number of nitrogens with one attached hydrogen (secondary N) is 1. The van der Waals surface area contributed by atoms with Crippen LogP contribution in [0.1, 0.15) is 48.4 Å². The lowest BCUT2D eigenvalue weighted by Gasteiger charge is -2.30. The van der Waals surface area contributed by atoms with Gasteiger partial charge in [0.25, 0.3) is 5.91 Å². The number of hydrogen-bond donors (Lipinski definition) is 1. The number of anilines is 1. The van der Waals surface area contributed by atoms with Gasteiger partial charge >= 0.3 is 0 Å². The fourth-order valence-electron chi connectivity index (χ4n) is 3.61. The second-order valence-corrected chi connectivity index (χ2v) is 7.51. The van der Waals surface area contributed by atoms with Gasteiger partial charge in [-0.3, -0.25) is 9.59 Å². The highest BCUT2D eigenvalue weighted by atomic mass is 19.1. The van der Waals surface area contributed by atoms with Gasteiger partial charge in [-0.05, 0) is 49.2 Å². The standard InChI is InChI=1S/C23H23FN4O3/c1-2-20(29)25-19-5-3-4-17(14-19)21-26-22(31-27-21)15-10-12-28(13-11-15)23(30)16-6-8-18(24)9-7-16/h3-9,14-15H,2,10-13H2,1H3,(H,25,29). The molecule has 1 N–H and O–H groups in total. The molecule has 8 heteroatoms. The molecule has 1 aliphatic heterocycles. The van der Waals surface area contributed by atoms with E-state index in [-0.39, 0.29) is 23.5 Å². The smallest absolute Gasteiger partial charge is 0.253 e. The lowest BCUT2D eigenvalue weighted by Crippen LogP contribution is -2.38. The molecule has 0 unspecified atom stereocenters. The molecular weight excluding hydrogens is 399 g/mol. The number of carbonyl (C=O) groups is 2. The van der Waals surface area contributed by atoms with Crippen molar-refractivity contribution in [1.29, 1.82) is 0 Å². The first-order chi connectivity index (χ1) is 15.0. The van der Waals surface area contributed by atoms with E-state index in [1.807, 2.05) is 24.3 Å². The van der Waals surface area contributed by atoms with E-state index < -0.39 is 0 Å². The number of carbonyl (C=O) groups excluding carboxylic acids is 2. The van der Waals surface area contributed by atoms with Crippen molar-refractivity contribution < 1.29 is 18.5 Å². The second kappa shape index (κ2) is 9.07. The Balaban J connectivity index is 1.39. The second-order valence-electron chi connectivity index (χ2n) is 7.51. The fraction of sp³-hybridized carbons (Fsp3) is 0.304. The van der Waals surface area contributed by atoms with Crippen LogP contribution in [0.5, 0.6) is 0 Å². The van der Waals surface area contributed by atoms with E-state index in [0.29, 0.717) is 55.3 Å². The zero-order valence-electron chi connectivity index (χ0n) is 17.2. The third-order valence-corrected chi connectivity index (χ3v) is 5.39. The number of likely N-dealkylation sites (tertiary alicyclic amines) is 1. The van der Waals surface area contributed by atoms with Crippen molar-refractivity contribution >= 4 is 17.5 Å². The summed E-state index contributed by atoms with van der Waals surface area (Å²) in [5.41, 5.74) is 1.92. The summed E-state index contributed by atoms with van der Waals surface area (Å²) >= 11 is 0. The fourth-order valence-corrected chi connectivity index (χ4v) is 3.61. The van der Waals surface area contributed by atoms with Crippen LogP contribution in [0.15, 0.2) is 53.1 Å². The summed E-state index contributed by atoms with van der Waals surface area (Å²) < 4.78 is 18.6. The Morgan fingerprint density at radius 1 is 1.16 bits per heavy atom. The van der Waals surface area contributed by atoms with E-state index in [1.165, 1.54) is 24.3 Å². The van der Waals surface area contributed by atoms with Crippen LogP contribution in [0.25, 0.3) is 11.4 Å². The normalized spacial score (nSPS) is 14.5. The molecule has 1 aliphatic rings. The van der Waals surface area contributed by atoms with Gasteiger partial charge in [-0.2, -0.15) is 4.98 Å². The quantitative estimate of drug-likeness (QED) is 0.664. The first-order valence-electron chi connectivity index (χ1n) is 10.3. The largest absolute Gasteiger partial charge is 0.339 e. The Morgan fingerprint density at radius 2 is 1.90 bits per heavy atom. The Kier molecular flexibility index (Phi) is 6.06. The third-order valence-electron chi connectivity index (χ3n) is 5.39. The number of nitrogens with zero attached hydrogens (tertiary/aromatic N) is 3. The number of hydrogen-bond acceptors (Lipinski definition) is 5. The lowest BCUT2D eigenvalue weighted by atomic mass is 9.96. The predicted octanol–water partition coefficient (Wildman–Crippen LogP) is 4.24. The van der Waals surface area contributed by atoms with Gasteiger partial charge in [0.15, 0.2) is 0 Å². The molecule has 4 rings (SSSR count). The number of benzene rings is 2. The summed E-state index contributed by atoms with van der Waals surface area (Å²) in [7, 11) is 0. The van der Waals surface area contributed by atoms with Crippen molar-refractivity contribution in [2.75, 3.05) is 18.4 Å². The molecule has 2 aromatic carbocycles. The molecule has 0 saturated carbocycles. The maximum absolute atomic E-state index is 13.1. The maximum Gasteiger partial charge on any atom is 0.253 e. The molecule has 0 spiro atoms. The molecule has 0 atom stereocenters. The third kappa shape index (κ3) is 4.79. The zero-order valence-corrected chi connectivity index (χ0v) is 17.2. The van der Waals surface area contributed by atoms with Crippen LogP contribution in [0.3, 0.4) is 0 Å². The van der Waals surface area contributed by atoms with E-state index in [4.69, 9.17) is 4.52 Å². The van der Waals surface area contributed by atoms with Gasteiger partial charge in [0, 0.05) is 42.2 Å². The Hall–Kier alpha value is -3.55. The molecule has 0 aliphatic carbocycles. The monoisotopic (exact) mass is 422 g/mol. The van der Waals surface area contributed by atoms with Crippen LogP contribution in [0.2, 0.25) is 0 Å². The van der Waals surface area contributed by atoms with Crippen molar-refractivity contribution in [3.05, 3.63) is 65.8 Å². The van der Waals surface area contributed by atoms with E-state index in [2.05, 4.69) is 15.5 Å². The topological polar surface area (TPSA) is 88.3 Å². The molecule has 160 valence electrons. The van der Waals surface area contributed by atoms with Crippen LogP contribution in [0, 0.1) is 5.82 Å². The summed E-state index contributed by atoms with van der Waals surface area (Å²) in [5, 5.41) is 6.92. The van der Waals surface area contributed by atoms with Crippen molar-refractivity contribution in [2.45, 2.75) is 32.1 Å². The van der Waals surface area contributed by atoms with Crippen molar-refractivity contribution in [2.24, 2.45) is 0 Å². The molecule has 2 heterocycles. The number of amides is 2. The van der Waals surface area contributed by atoms with Gasteiger partial charge < -0.3 is 14.7 Å². The van der Waals surface area contributed by atoms with Gasteiger partial charge in [0.2, 0.25) is 17.6 Å². The predicted molar refractivity (Wildman–Crippen MR) is 113 cm³/mol. The number of rotatable bonds is 5. The van der Waals surface area contributed by atoms with Crippen molar-refractivity contribution in [1.82, 2.24) is 15.0 Å². The van der Waals surface area contributed by atoms with E-state index >= 15 is 0 Å². The summed E-state index contributed by atoms with van der Waals surface area (Å²) in [5.74, 6) is 0.560. The molecule has 1 saturated heterocycles. The molecule has 1 aromatic heterocycles. The van der Waals surface area contributed by atoms with Crippen molar-refractivity contribution in [3.63, 3.8) is 0 Å². The minimum Gasteiger partial charge on any atom is -0.339 e. The van der Waals surface area contributed by atoms with Crippen LogP contribution in [-0.2, 0) is 4.79 Å². The van der Waals surface area contributed by atoms with E-state index in [1.54, 1.807) is 11.8 Å². The first-order valence-corrected chi connectivity index (χ1v) is 10.3. The van der Waals surface area contributed by atoms with Gasteiger partial charge in [-0.25, -0.2) is 4.39 Å². The SMILES string of the molecule is CCC(=O)Nc1cccc(-c2noc(C3CCN(C(=O)c4ccc(F)cc4)CC3)n2)c1. The highest BCUT2D eigenvalue weighted by Crippen LogP contribution is 2.29. The van der Waals surface area contributed by atoms with Crippen molar-refractivity contribution in [3.8, 4) is 11.4 Å². The highest BCUT2D eigenvalue weighted by molar-refractivity contribution is 5.94. The van der Waals surface area contributed by atoms with E-state index in [9.17, 15) is 14.0 Å². The molecular formula is C23H23FN4O3. The molecule has 2 amide bonds. The summed E-state index contributed by atoms with van der Waals surface area (Å²) in [6.45, 7) is 2.93. The minimum atomic E-state index is -0.360. The minimum absolute atomic E-state index is 0.0621. The van der Waals surface area contributed by atoms with Crippen LogP contribution < -0.4 is 5.32 Å². The Bertz CT molecular complexity index is 1070. The first kappa shape index (κ1) is 20.7. The molecule has 0 radical (unpaired) electrons. The van der Waals surface area contributed by atoms with Gasteiger partial charge in [-0.1, -0.05) is 24.2 Å². The van der Waals surface area contributed by atoms with Gasteiger partial charge in [0.1, 0.15) is 5.82 Å². The number of aromatic nitrogens is 2.